The summed E-state index contributed by atoms with van der Waals surface area (Å²) in [5, 5.41) is 20.0. The highest BCUT2D eigenvalue weighted by Crippen LogP contribution is 2.51. The molecule has 0 spiro atoms. The first-order chi connectivity index (χ1) is 9.99. The summed E-state index contributed by atoms with van der Waals surface area (Å²) in [6.45, 7) is 6.17. The molecule has 0 aromatic heterocycles. The van der Waals surface area contributed by atoms with Gasteiger partial charge in [-0.15, -0.1) is 0 Å². The van der Waals surface area contributed by atoms with Gasteiger partial charge in [0.1, 0.15) is 0 Å². The van der Waals surface area contributed by atoms with E-state index in [0.29, 0.717) is 12.8 Å². The normalized spacial score (nSPS) is 21.0. The van der Waals surface area contributed by atoms with Crippen molar-refractivity contribution in [3.63, 3.8) is 0 Å². The second-order valence-corrected chi connectivity index (χ2v) is 6.28. The topological polar surface area (TPSA) is 57.5 Å². The van der Waals surface area contributed by atoms with Crippen LogP contribution in [-0.2, 0) is 17.6 Å². The minimum absolute atomic E-state index is 0.0800. The molecule has 2 rings (SSSR count). The molecule has 116 valence electrons. The SMILES string of the molecule is CCC(Cc1cccc2c1CC(CC)(CC)C2O)C(=O)O. The maximum atomic E-state index is 11.3. The maximum Gasteiger partial charge on any atom is 0.306 e. The first-order valence-electron chi connectivity index (χ1n) is 8.00. The zero-order valence-electron chi connectivity index (χ0n) is 13.2. The molecule has 3 nitrogen and oxygen atoms in total. The summed E-state index contributed by atoms with van der Waals surface area (Å²) in [5.41, 5.74) is 3.22. The van der Waals surface area contributed by atoms with Crippen molar-refractivity contribution in [1.82, 2.24) is 0 Å². The van der Waals surface area contributed by atoms with Crippen LogP contribution in [0.1, 0.15) is 62.8 Å². The number of benzene rings is 1. The molecule has 1 aromatic carbocycles. The number of rotatable bonds is 6. The molecule has 1 aliphatic rings. The Morgan fingerprint density at radius 2 is 2.00 bits per heavy atom. The van der Waals surface area contributed by atoms with Gasteiger partial charge in [-0.1, -0.05) is 39.0 Å². The monoisotopic (exact) mass is 290 g/mol. The summed E-state index contributed by atoms with van der Waals surface area (Å²) in [6.07, 6.45) is 3.51. The van der Waals surface area contributed by atoms with E-state index in [1.54, 1.807) is 0 Å². The van der Waals surface area contributed by atoms with Crippen LogP contribution in [0.4, 0.5) is 0 Å². The van der Waals surface area contributed by atoms with Crippen LogP contribution in [0, 0.1) is 11.3 Å². The van der Waals surface area contributed by atoms with Crippen LogP contribution >= 0.6 is 0 Å². The maximum absolute atomic E-state index is 11.3. The van der Waals surface area contributed by atoms with Gasteiger partial charge in [-0.05, 0) is 48.8 Å². The number of fused-ring (bicyclic) bond motifs is 1. The Morgan fingerprint density at radius 1 is 1.33 bits per heavy atom. The molecular formula is C18H26O3. The number of carboxylic acids is 1. The second kappa shape index (κ2) is 6.18. The lowest BCUT2D eigenvalue weighted by Gasteiger charge is -2.30. The van der Waals surface area contributed by atoms with E-state index < -0.39 is 12.1 Å². The highest BCUT2D eigenvalue weighted by atomic mass is 16.4. The van der Waals surface area contributed by atoms with Crippen molar-refractivity contribution in [1.29, 1.82) is 0 Å². The van der Waals surface area contributed by atoms with Crippen molar-refractivity contribution in [3.8, 4) is 0 Å². The predicted molar refractivity (Wildman–Crippen MR) is 83.2 cm³/mol. The van der Waals surface area contributed by atoms with Gasteiger partial charge in [-0.2, -0.15) is 0 Å². The molecule has 2 N–H and O–H groups in total. The Morgan fingerprint density at radius 3 is 2.52 bits per heavy atom. The molecule has 2 unspecified atom stereocenters. The minimum Gasteiger partial charge on any atom is -0.481 e. The van der Waals surface area contributed by atoms with Crippen LogP contribution in [0.25, 0.3) is 0 Å². The molecule has 0 heterocycles. The Hall–Kier alpha value is -1.35. The quantitative estimate of drug-likeness (QED) is 0.839. The molecule has 1 aromatic rings. The zero-order chi connectivity index (χ0) is 15.6. The van der Waals surface area contributed by atoms with Crippen LogP contribution in [0.5, 0.6) is 0 Å². The van der Waals surface area contributed by atoms with E-state index in [-0.39, 0.29) is 11.3 Å². The highest BCUT2D eigenvalue weighted by molar-refractivity contribution is 5.70. The van der Waals surface area contributed by atoms with Crippen molar-refractivity contribution >= 4 is 5.97 Å². The number of carboxylic acid groups (broad SMARTS) is 1. The number of aliphatic hydroxyl groups is 1. The summed E-state index contributed by atoms with van der Waals surface area (Å²) >= 11 is 0. The third-order valence-corrected chi connectivity index (χ3v) is 5.43. The van der Waals surface area contributed by atoms with Crippen LogP contribution in [0.15, 0.2) is 18.2 Å². The molecule has 0 aliphatic heterocycles. The second-order valence-electron chi connectivity index (χ2n) is 6.28. The van der Waals surface area contributed by atoms with E-state index in [1.807, 2.05) is 25.1 Å². The Bertz CT molecular complexity index is 517. The first kappa shape index (κ1) is 16.0. The molecule has 0 bridgehead atoms. The number of hydrogen-bond acceptors (Lipinski definition) is 2. The number of hydrogen-bond donors (Lipinski definition) is 2. The van der Waals surface area contributed by atoms with Crippen molar-refractivity contribution in [2.75, 3.05) is 0 Å². The standard InChI is InChI=1S/C18H26O3/c1-4-12(17(20)21)10-13-8-7-9-14-15(13)11-18(5-2,6-3)16(14)19/h7-9,12,16,19H,4-6,10-11H2,1-3H3,(H,20,21). The van der Waals surface area contributed by atoms with Gasteiger partial charge < -0.3 is 10.2 Å². The van der Waals surface area contributed by atoms with Crippen molar-refractivity contribution in [2.24, 2.45) is 11.3 Å². The predicted octanol–water partition coefficient (Wildman–Crippen LogP) is 3.74. The average Bonchev–Trinajstić information content (AvgIpc) is 2.78. The van der Waals surface area contributed by atoms with Crippen molar-refractivity contribution < 1.29 is 15.0 Å². The summed E-state index contributed by atoms with van der Waals surface area (Å²) in [7, 11) is 0. The Kier molecular flexibility index (Phi) is 4.72. The van der Waals surface area contributed by atoms with Crippen LogP contribution in [0.2, 0.25) is 0 Å². The third kappa shape index (κ3) is 2.71. The molecule has 2 atom stereocenters. The lowest BCUT2D eigenvalue weighted by molar-refractivity contribution is -0.141. The third-order valence-electron chi connectivity index (χ3n) is 5.43. The van der Waals surface area contributed by atoms with E-state index in [1.165, 1.54) is 5.56 Å². The fourth-order valence-corrected chi connectivity index (χ4v) is 3.65. The van der Waals surface area contributed by atoms with Gasteiger partial charge in [0.05, 0.1) is 12.0 Å². The fraction of sp³-hybridized carbons (Fsp3) is 0.611. The van der Waals surface area contributed by atoms with Crippen molar-refractivity contribution in [3.05, 3.63) is 34.9 Å². The van der Waals surface area contributed by atoms with E-state index in [2.05, 4.69) is 13.8 Å². The summed E-state index contributed by atoms with van der Waals surface area (Å²) in [4.78, 5) is 11.3. The average molecular weight is 290 g/mol. The van der Waals surface area contributed by atoms with Gasteiger partial charge in [-0.25, -0.2) is 0 Å². The smallest absolute Gasteiger partial charge is 0.306 e. The molecule has 1 aliphatic carbocycles. The molecule has 21 heavy (non-hydrogen) atoms. The molecule has 0 saturated heterocycles. The summed E-state index contributed by atoms with van der Waals surface area (Å²) < 4.78 is 0. The Labute approximate surface area is 127 Å². The van der Waals surface area contributed by atoms with E-state index in [0.717, 1.165) is 30.4 Å². The van der Waals surface area contributed by atoms with Gasteiger partial charge in [0.15, 0.2) is 0 Å². The van der Waals surface area contributed by atoms with Gasteiger partial charge >= 0.3 is 5.97 Å². The van der Waals surface area contributed by atoms with E-state index in [9.17, 15) is 15.0 Å². The largest absolute Gasteiger partial charge is 0.481 e. The molecule has 0 radical (unpaired) electrons. The lowest BCUT2D eigenvalue weighted by Crippen LogP contribution is -2.24. The molecule has 0 saturated carbocycles. The van der Waals surface area contributed by atoms with E-state index in [4.69, 9.17) is 0 Å². The fourth-order valence-electron chi connectivity index (χ4n) is 3.65. The van der Waals surface area contributed by atoms with Crippen LogP contribution < -0.4 is 0 Å². The number of aliphatic carboxylic acids is 1. The van der Waals surface area contributed by atoms with Crippen molar-refractivity contribution in [2.45, 2.75) is 59.0 Å². The van der Waals surface area contributed by atoms with Crippen LogP contribution in [-0.4, -0.2) is 16.2 Å². The minimum atomic E-state index is -0.731. The lowest BCUT2D eigenvalue weighted by atomic mass is 9.77. The number of carbonyl (C=O) groups is 1. The highest BCUT2D eigenvalue weighted by Gasteiger charge is 2.43. The summed E-state index contributed by atoms with van der Waals surface area (Å²) in [6, 6.07) is 5.98. The molecular weight excluding hydrogens is 264 g/mol. The Balaban J connectivity index is 2.36. The molecule has 3 heteroatoms. The van der Waals surface area contributed by atoms with Gasteiger partial charge in [-0.3, -0.25) is 4.79 Å². The summed E-state index contributed by atoms with van der Waals surface area (Å²) in [5.74, 6) is -1.07. The molecule has 0 fully saturated rings. The number of aliphatic hydroxyl groups excluding tert-OH is 1. The van der Waals surface area contributed by atoms with Gasteiger partial charge in [0.25, 0.3) is 0 Å². The first-order valence-corrected chi connectivity index (χ1v) is 8.00. The van der Waals surface area contributed by atoms with Gasteiger partial charge in [0, 0.05) is 5.41 Å². The van der Waals surface area contributed by atoms with Crippen LogP contribution in [0.3, 0.4) is 0 Å². The zero-order valence-corrected chi connectivity index (χ0v) is 13.2. The van der Waals surface area contributed by atoms with Gasteiger partial charge in [0.2, 0.25) is 0 Å². The molecule has 0 amide bonds. The van der Waals surface area contributed by atoms with E-state index >= 15 is 0 Å².